The molecule has 20 heavy (non-hydrogen) atoms. The predicted molar refractivity (Wildman–Crippen MR) is 66.7 cm³/mol. The second-order valence-corrected chi connectivity index (χ2v) is 8.56. The summed E-state index contributed by atoms with van der Waals surface area (Å²) in [6, 6.07) is 0. The van der Waals surface area contributed by atoms with Crippen molar-refractivity contribution in [1.29, 1.82) is 0 Å². The Kier molecular flexibility index (Phi) is 18.3. The summed E-state index contributed by atoms with van der Waals surface area (Å²) in [5.74, 6) is 0. The molecule has 0 aromatic heterocycles. The zero-order valence-corrected chi connectivity index (χ0v) is 22.4. The van der Waals surface area contributed by atoms with E-state index >= 15 is 0 Å². The van der Waals surface area contributed by atoms with Gasteiger partial charge in [0, 0.05) is 118 Å². The van der Waals surface area contributed by atoms with E-state index in [1.165, 1.54) is 0 Å². The normalized spacial score (nSPS) is 44.2. The fraction of sp³-hybridized carbons (Fsp3) is 0. The maximum Gasteiger partial charge on any atom is 0.490 e. The second kappa shape index (κ2) is 11.3. The van der Waals surface area contributed by atoms with Crippen molar-refractivity contribution in [2.45, 2.75) is 0 Å². The zero-order valence-electron chi connectivity index (χ0n) is 10.8. The Balaban J connectivity index is -0.000000320. The second-order valence-electron chi connectivity index (χ2n) is 2.20. The molecule has 4 N–H and O–H groups in total. The minimum atomic E-state index is -5.47. The van der Waals surface area contributed by atoms with Crippen LogP contribution in [0.3, 0.4) is 0 Å². The third-order valence-corrected chi connectivity index (χ3v) is 7.43. The van der Waals surface area contributed by atoms with E-state index in [0.29, 0.717) is 0 Å². The Morgan fingerprint density at radius 1 is 0.450 bits per heavy atom. The molecule has 1 heterocycles. The van der Waals surface area contributed by atoms with E-state index in [-0.39, 0.29) is 118 Å². The van der Waals surface area contributed by atoms with Crippen LogP contribution in [0.15, 0.2) is 0 Å². The molecule has 1 fully saturated rings. The third-order valence-electron chi connectivity index (χ3n) is 0.825. The van der Waals surface area contributed by atoms with Crippen molar-refractivity contribution in [3.05, 3.63) is 0 Å². The van der Waals surface area contributed by atoms with Gasteiger partial charge in [0.2, 0.25) is 0 Å². The summed E-state index contributed by atoms with van der Waals surface area (Å²) in [5, 5.41) is 0. The molecule has 0 aromatic rings. The van der Waals surface area contributed by atoms with E-state index in [0.717, 1.165) is 0 Å². The van der Waals surface area contributed by atoms with E-state index in [1.807, 2.05) is 0 Å². The van der Waals surface area contributed by atoms with Crippen molar-refractivity contribution in [1.82, 2.24) is 0 Å². The first-order valence-electron chi connectivity index (χ1n) is 2.99. The van der Waals surface area contributed by atoms with Crippen LogP contribution in [-0.4, -0.2) is 138 Å². The molecule has 1 aliphatic heterocycles. The van der Waals surface area contributed by atoms with Gasteiger partial charge in [-0.2, -0.15) is 17.2 Å². The SMILES string of the molecule is O=P1(O)OP(=O)(O)OP(=O)(O)OP(=O)(O)O1.[Na].[Na].[Na].[Na]. The first kappa shape index (κ1) is 32.3. The summed E-state index contributed by atoms with van der Waals surface area (Å²) in [6.45, 7) is 0. The zero-order chi connectivity index (χ0) is 12.8. The van der Waals surface area contributed by atoms with E-state index in [2.05, 4.69) is 17.2 Å². The molecule has 100 valence electrons. The Bertz CT molecular complexity index is 372. The molecule has 0 saturated carbocycles. The van der Waals surface area contributed by atoms with E-state index in [9.17, 15) is 18.3 Å². The molecule has 0 aromatic carbocycles. The van der Waals surface area contributed by atoms with Gasteiger partial charge in [-0.05, 0) is 0 Å². The minimum Gasteiger partial charge on any atom is -0.302 e. The molecule has 1 rings (SSSR count). The van der Waals surface area contributed by atoms with Gasteiger partial charge in [-0.1, -0.05) is 0 Å². The number of hydrogen-bond acceptors (Lipinski definition) is 8. The molecule has 1 saturated heterocycles. The standard InChI is InChI=1S/4Na.H4O12P4/c;;;;1-13(2)9-14(3,4)11-16(7,8)12-15(5,6)10-13/h;;;;(H,1,2)(H,3,4)(H,5,6)(H,7,8). The van der Waals surface area contributed by atoms with Gasteiger partial charge in [0.05, 0.1) is 0 Å². The average molecular weight is 412 g/mol. The topological polar surface area (TPSA) is 186 Å². The van der Waals surface area contributed by atoms with Gasteiger partial charge in [-0.3, -0.25) is 0 Å². The molecule has 1 aliphatic rings. The molecular weight excluding hydrogens is 408 g/mol. The molecule has 20 heteroatoms. The molecule has 12 nitrogen and oxygen atoms in total. The van der Waals surface area contributed by atoms with Crippen LogP contribution in [0.5, 0.6) is 0 Å². The van der Waals surface area contributed by atoms with E-state index in [1.54, 1.807) is 0 Å². The summed E-state index contributed by atoms with van der Waals surface area (Å²) < 4.78 is 56.5. The van der Waals surface area contributed by atoms with Crippen LogP contribution in [0.25, 0.3) is 0 Å². The molecule has 0 bridgehead atoms. The molecule has 0 amide bonds. The van der Waals surface area contributed by atoms with Crippen LogP contribution in [0.1, 0.15) is 0 Å². The minimum absolute atomic E-state index is 0. The summed E-state index contributed by atoms with van der Waals surface area (Å²) >= 11 is 0. The Morgan fingerprint density at radius 2 is 0.550 bits per heavy atom. The quantitative estimate of drug-likeness (QED) is 0.280. The predicted octanol–water partition coefficient (Wildman–Crippen LogP) is -1.06. The maximum atomic E-state index is 10.8. The largest absolute Gasteiger partial charge is 0.490 e. The molecule has 0 atom stereocenters. The Labute approximate surface area is 201 Å². The summed E-state index contributed by atoms with van der Waals surface area (Å²) in [5.41, 5.74) is 0. The molecule has 4 radical (unpaired) electrons. The fourth-order valence-electron chi connectivity index (χ4n) is 0.581. The fourth-order valence-corrected chi connectivity index (χ4v) is 6.30. The number of hydrogen-bond donors (Lipinski definition) is 4. The van der Waals surface area contributed by atoms with Gasteiger partial charge >= 0.3 is 31.3 Å². The summed E-state index contributed by atoms with van der Waals surface area (Å²) in [7, 11) is -21.9. The van der Waals surface area contributed by atoms with Crippen LogP contribution in [0.2, 0.25) is 0 Å². The summed E-state index contributed by atoms with van der Waals surface area (Å²) in [4.78, 5) is 34.5. The van der Waals surface area contributed by atoms with Crippen molar-refractivity contribution < 1.29 is 55.1 Å². The van der Waals surface area contributed by atoms with Gasteiger partial charge in [0.15, 0.2) is 0 Å². The van der Waals surface area contributed by atoms with Crippen LogP contribution in [0, 0.1) is 0 Å². The third kappa shape index (κ3) is 12.9. The van der Waals surface area contributed by atoms with E-state index < -0.39 is 31.3 Å². The molecule has 0 unspecified atom stereocenters. The van der Waals surface area contributed by atoms with Gasteiger partial charge in [-0.25, -0.2) is 18.3 Å². The van der Waals surface area contributed by atoms with Crippen molar-refractivity contribution in [2.75, 3.05) is 0 Å². The van der Waals surface area contributed by atoms with Crippen molar-refractivity contribution in [3.8, 4) is 0 Å². The smallest absolute Gasteiger partial charge is 0.302 e. The van der Waals surface area contributed by atoms with Gasteiger partial charge < -0.3 is 19.6 Å². The maximum absolute atomic E-state index is 10.8. The Hall–Kier alpha value is 4.60. The van der Waals surface area contributed by atoms with Crippen molar-refractivity contribution >= 4 is 150 Å². The number of rotatable bonds is 0. The van der Waals surface area contributed by atoms with Crippen LogP contribution < -0.4 is 0 Å². The van der Waals surface area contributed by atoms with Gasteiger partial charge in [-0.15, -0.1) is 0 Å². The van der Waals surface area contributed by atoms with Crippen LogP contribution in [-0.2, 0) is 35.5 Å². The number of phosphoric acid groups is 4. The van der Waals surface area contributed by atoms with Crippen LogP contribution >= 0.6 is 31.3 Å². The van der Waals surface area contributed by atoms with E-state index in [4.69, 9.17) is 19.6 Å². The van der Waals surface area contributed by atoms with Crippen LogP contribution in [0.4, 0.5) is 0 Å². The summed E-state index contributed by atoms with van der Waals surface area (Å²) in [6.07, 6.45) is 0. The first-order valence-corrected chi connectivity index (χ1v) is 8.97. The Morgan fingerprint density at radius 3 is 0.650 bits per heavy atom. The molecule has 0 aliphatic carbocycles. The van der Waals surface area contributed by atoms with Gasteiger partial charge in [0.25, 0.3) is 0 Å². The molecule has 0 spiro atoms. The average Bonchev–Trinajstić information content (AvgIpc) is 1.67. The monoisotopic (exact) mass is 412 g/mol. The van der Waals surface area contributed by atoms with Crippen molar-refractivity contribution in [3.63, 3.8) is 0 Å². The van der Waals surface area contributed by atoms with Crippen molar-refractivity contribution in [2.24, 2.45) is 0 Å². The first-order chi connectivity index (χ1) is 6.83. The van der Waals surface area contributed by atoms with Gasteiger partial charge in [0.1, 0.15) is 0 Å². The molecular formula is H4Na4O12P4.